The Bertz CT molecular complexity index is 1140. The van der Waals surface area contributed by atoms with Crippen LogP contribution < -0.4 is 0 Å². The van der Waals surface area contributed by atoms with E-state index < -0.39 is 11.9 Å². The molecule has 0 radical (unpaired) electrons. The van der Waals surface area contributed by atoms with E-state index >= 15 is 0 Å². The molecule has 6 heteroatoms. The third-order valence-corrected chi connectivity index (χ3v) is 4.55. The van der Waals surface area contributed by atoms with Crippen LogP contribution >= 0.6 is 0 Å². The molecule has 0 spiro atoms. The Morgan fingerprint density at radius 1 is 0.533 bits per heavy atom. The molecule has 30 heavy (non-hydrogen) atoms. The van der Waals surface area contributed by atoms with Crippen LogP contribution in [0.2, 0.25) is 0 Å². The minimum absolute atomic E-state index is 0.0441. The summed E-state index contributed by atoms with van der Waals surface area (Å²) in [6.45, 7) is 0. The van der Waals surface area contributed by atoms with Crippen molar-refractivity contribution in [1.82, 2.24) is 9.97 Å². The Labute approximate surface area is 172 Å². The second kappa shape index (κ2) is 7.97. The predicted octanol–water partition coefficient (Wildman–Crippen LogP) is 4.87. The summed E-state index contributed by atoms with van der Waals surface area (Å²) in [5.41, 5.74) is 3.09. The average Bonchev–Trinajstić information content (AvgIpc) is 2.79. The molecule has 0 aliphatic carbocycles. The third-order valence-electron chi connectivity index (χ3n) is 4.55. The van der Waals surface area contributed by atoms with Crippen molar-refractivity contribution >= 4 is 11.9 Å². The monoisotopic (exact) mass is 396 g/mol. The highest BCUT2D eigenvalue weighted by Gasteiger charge is 2.16. The van der Waals surface area contributed by atoms with Gasteiger partial charge in [-0.3, -0.25) is 0 Å². The lowest BCUT2D eigenvalue weighted by Crippen LogP contribution is -2.03. The lowest BCUT2D eigenvalue weighted by molar-refractivity contribution is 0.0686. The summed E-state index contributed by atoms with van der Waals surface area (Å²) >= 11 is 0. The minimum Gasteiger partial charge on any atom is -0.478 e. The smallest absolute Gasteiger partial charge is 0.335 e. The number of benzene rings is 2. The molecular formula is C24H16N2O4. The third kappa shape index (κ3) is 3.93. The first-order valence-corrected chi connectivity index (χ1v) is 9.13. The standard InChI is InChI=1S/C24H16N2O4/c27-23(28)17-11-19(15-7-3-1-4-8-15)25-21(13-17)22-14-18(24(29)30)12-20(26-22)16-9-5-2-6-10-16/h1-14H,(H,27,28)(H,29,30). The van der Waals surface area contributed by atoms with E-state index in [1.807, 2.05) is 60.7 Å². The van der Waals surface area contributed by atoms with Crippen LogP contribution in [0.25, 0.3) is 33.9 Å². The minimum atomic E-state index is -1.10. The summed E-state index contributed by atoms with van der Waals surface area (Å²) in [4.78, 5) is 32.5. The SMILES string of the molecule is O=C(O)c1cc(-c2ccccc2)nc(-c2cc(C(=O)O)cc(-c3ccccc3)n2)c1. The van der Waals surface area contributed by atoms with Gasteiger partial charge in [-0.1, -0.05) is 60.7 Å². The van der Waals surface area contributed by atoms with E-state index in [0.717, 1.165) is 11.1 Å². The molecule has 2 aromatic carbocycles. The van der Waals surface area contributed by atoms with Gasteiger partial charge in [-0.25, -0.2) is 19.6 Å². The first-order chi connectivity index (χ1) is 14.5. The van der Waals surface area contributed by atoms with E-state index in [9.17, 15) is 19.8 Å². The van der Waals surface area contributed by atoms with Gasteiger partial charge in [-0.15, -0.1) is 0 Å². The molecule has 2 N–H and O–H groups in total. The number of nitrogens with zero attached hydrogens (tertiary/aromatic N) is 2. The first-order valence-electron chi connectivity index (χ1n) is 9.13. The second-order valence-electron chi connectivity index (χ2n) is 6.59. The van der Waals surface area contributed by atoms with Gasteiger partial charge >= 0.3 is 11.9 Å². The van der Waals surface area contributed by atoms with Gasteiger partial charge in [-0.05, 0) is 24.3 Å². The van der Waals surface area contributed by atoms with E-state index in [0.29, 0.717) is 11.4 Å². The number of carbonyl (C=O) groups is 2. The van der Waals surface area contributed by atoms with Gasteiger partial charge in [0.05, 0.1) is 33.9 Å². The van der Waals surface area contributed by atoms with E-state index in [2.05, 4.69) is 9.97 Å². The van der Waals surface area contributed by atoms with Crippen molar-refractivity contribution in [3.63, 3.8) is 0 Å². The number of hydrogen-bond acceptors (Lipinski definition) is 4. The van der Waals surface area contributed by atoms with Crippen LogP contribution in [0.3, 0.4) is 0 Å². The van der Waals surface area contributed by atoms with E-state index in [4.69, 9.17) is 0 Å². The van der Waals surface area contributed by atoms with E-state index in [-0.39, 0.29) is 22.5 Å². The zero-order valence-electron chi connectivity index (χ0n) is 15.7. The Morgan fingerprint density at radius 2 is 0.867 bits per heavy atom. The number of carboxylic acids is 2. The number of aromatic carboxylic acids is 2. The maximum absolute atomic E-state index is 11.7. The van der Waals surface area contributed by atoms with Gasteiger partial charge in [0.15, 0.2) is 0 Å². The molecule has 4 aromatic rings. The van der Waals surface area contributed by atoms with Gasteiger partial charge in [0.2, 0.25) is 0 Å². The Kier molecular flexibility index (Phi) is 5.05. The zero-order valence-corrected chi connectivity index (χ0v) is 15.7. The van der Waals surface area contributed by atoms with Gasteiger partial charge in [-0.2, -0.15) is 0 Å². The lowest BCUT2D eigenvalue weighted by Gasteiger charge is -2.10. The first kappa shape index (κ1) is 19.0. The summed E-state index contributed by atoms with van der Waals surface area (Å²) in [5, 5.41) is 19.1. The summed E-state index contributed by atoms with van der Waals surface area (Å²) in [7, 11) is 0. The summed E-state index contributed by atoms with van der Waals surface area (Å²) in [6, 6.07) is 24.1. The van der Waals surface area contributed by atoms with Gasteiger partial charge in [0, 0.05) is 11.1 Å². The fourth-order valence-electron chi connectivity index (χ4n) is 3.08. The van der Waals surface area contributed by atoms with Crippen molar-refractivity contribution in [2.75, 3.05) is 0 Å². The molecule has 0 fully saturated rings. The highest BCUT2D eigenvalue weighted by atomic mass is 16.4. The maximum atomic E-state index is 11.7. The molecule has 2 aromatic heterocycles. The van der Waals surface area contributed by atoms with Crippen LogP contribution in [0.4, 0.5) is 0 Å². The fourth-order valence-corrected chi connectivity index (χ4v) is 3.08. The highest BCUT2D eigenvalue weighted by Crippen LogP contribution is 2.27. The van der Waals surface area contributed by atoms with Crippen LogP contribution in [0.5, 0.6) is 0 Å². The van der Waals surface area contributed by atoms with Crippen LogP contribution in [0.15, 0.2) is 84.9 Å². The molecule has 0 unspecified atom stereocenters. The van der Waals surface area contributed by atoms with E-state index in [1.165, 1.54) is 24.3 Å². The normalized spacial score (nSPS) is 10.5. The van der Waals surface area contributed by atoms with Gasteiger partial charge < -0.3 is 10.2 Å². The molecule has 0 aliphatic rings. The maximum Gasteiger partial charge on any atom is 0.335 e. The van der Waals surface area contributed by atoms with Crippen molar-refractivity contribution in [3.8, 4) is 33.9 Å². The van der Waals surface area contributed by atoms with Crippen molar-refractivity contribution in [2.45, 2.75) is 0 Å². The van der Waals surface area contributed by atoms with Crippen LogP contribution in [0.1, 0.15) is 20.7 Å². The Balaban J connectivity index is 1.93. The van der Waals surface area contributed by atoms with Gasteiger partial charge in [0.1, 0.15) is 0 Å². The topological polar surface area (TPSA) is 100 Å². The van der Waals surface area contributed by atoms with Crippen molar-refractivity contribution in [3.05, 3.63) is 96.1 Å². The lowest BCUT2D eigenvalue weighted by atomic mass is 10.0. The zero-order chi connectivity index (χ0) is 21.1. The number of hydrogen-bond donors (Lipinski definition) is 2. The van der Waals surface area contributed by atoms with Crippen LogP contribution in [-0.2, 0) is 0 Å². The quantitative estimate of drug-likeness (QED) is 0.499. The number of carboxylic acid groups (broad SMARTS) is 2. The summed E-state index contributed by atoms with van der Waals surface area (Å²) in [6.07, 6.45) is 0. The highest BCUT2D eigenvalue weighted by molar-refractivity contribution is 5.92. The van der Waals surface area contributed by atoms with Gasteiger partial charge in [0.25, 0.3) is 0 Å². The average molecular weight is 396 g/mol. The summed E-state index contributed by atoms with van der Waals surface area (Å²) < 4.78 is 0. The number of aromatic nitrogens is 2. The molecule has 0 saturated carbocycles. The predicted molar refractivity (Wildman–Crippen MR) is 112 cm³/mol. The second-order valence-corrected chi connectivity index (χ2v) is 6.59. The molecule has 0 aliphatic heterocycles. The molecule has 146 valence electrons. The molecule has 0 atom stereocenters. The molecular weight excluding hydrogens is 380 g/mol. The molecule has 6 nitrogen and oxygen atoms in total. The molecule has 0 saturated heterocycles. The number of pyridine rings is 2. The Hall–Kier alpha value is -4.32. The van der Waals surface area contributed by atoms with Crippen LogP contribution in [0, 0.1) is 0 Å². The Morgan fingerprint density at radius 3 is 1.20 bits per heavy atom. The number of rotatable bonds is 5. The largest absolute Gasteiger partial charge is 0.478 e. The summed E-state index contributed by atoms with van der Waals surface area (Å²) in [5.74, 6) is -2.21. The molecule has 0 bridgehead atoms. The van der Waals surface area contributed by atoms with Crippen LogP contribution in [-0.4, -0.2) is 32.1 Å². The van der Waals surface area contributed by atoms with E-state index in [1.54, 1.807) is 0 Å². The van der Waals surface area contributed by atoms with Crippen molar-refractivity contribution in [2.24, 2.45) is 0 Å². The van der Waals surface area contributed by atoms with Crippen molar-refractivity contribution in [1.29, 1.82) is 0 Å². The molecule has 2 heterocycles. The molecule has 4 rings (SSSR count). The van der Waals surface area contributed by atoms with Crippen molar-refractivity contribution < 1.29 is 19.8 Å². The molecule has 0 amide bonds. The fraction of sp³-hybridized carbons (Fsp3) is 0.